The van der Waals surface area contributed by atoms with Gasteiger partial charge in [-0.05, 0) is 47.5 Å². The molecule has 148 valence electrons. The van der Waals surface area contributed by atoms with E-state index in [1.807, 2.05) is 48.5 Å². The molecule has 0 fully saturated rings. The van der Waals surface area contributed by atoms with Crippen LogP contribution >= 0.6 is 0 Å². The number of carbonyl (C=O) groups is 2. The third kappa shape index (κ3) is 9.80. The van der Waals surface area contributed by atoms with E-state index in [4.69, 9.17) is 18.9 Å². The summed E-state index contributed by atoms with van der Waals surface area (Å²) in [5.41, 5.74) is -0.918. The van der Waals surface area contributed by atoms with Crippen molar-refractivity contribution < 1.29 is 28.5 Å². The van der Waals surface area contributed by atoms with Gasteiger partial charge in [0.1, 0.15) is 13.2 Å². The second kappa shape index (κ2) is 11.5. The molecule has 1 atom stereocenters. The maximum Gasteiger partial charge on any atom is 0.311 e. The van der Waals surface area contributed by atoms with E-state index in [1.54, 1.807) is 0 Å². The van der Waals surface area contributed by atoms with Crippen LogP contribution in [-0.4, -0.2) is 51.1 Å². The Kier molecular flexibility index (Phi) is 10.9. The monoisotopic (exact) mass is 360 g/mol. The molecule has 0 bridgehead atoms. The third-order valence-electron chi connectivity index (χ3n) is 4.41. The molecule has 6 heteroatoms. The van der Waals surface area contributed by atoms with E-state index >= 15 is 0 Å². The first kappa shape index (κ1) is 23.9. The van der Waals surface area contributed by atoms with Gasteiger partial charge in [0.2, 0.25) is 0 Å². The van der Waals surface area contributed by atoms with E-state index in [-0.39, 0.29) is 31.3 Å². The minimum atomic E-state index is -0.460. The summed E-state index contributed by atoms with van der Waals surface area (Å²) in [6.45, 7) is 14.8. The summed E-state index contributed by atoms with van der Waals surface area (Å²) in [5, 5.41) is 0. The summed E-state index contributed by atoms with van der Waals surface area (Å²) in [6, 6.07) is 0. The van der Waals surface area contributed by atoms with Crippen LogP contribution in [0.5, 0.6) is 0 Å². The van der Waals surface area contributed by atoms with Crippen molar-refractivity contribution in [2.45, 2.75) is 67.4 Å². The molecule has 25 heavy (non-hydrogen) atoms. The molecule has 0 aromatic heterocycles. The first-order valence-corrected chi connectivity index (χ1v) is 9.10. The van der Waals surface area contributed by atoms with E-state index in [0.717, 1.165) is 12.8 Å². The van der Waals surface area contributed by atoms with Crippen molar-refractivity contribution in [3.05, 3.63) is 0 Å². The molecule has 0 N–H and O–H groups in total. The lowest BCUT2D eigenvalue weighted by molar-refractivity contribution is -0.158. The Morgan fingerprint density at radius 1 is 0.800 bits per heavy atom. The fourth-order valence-electron chi connectivity index (χ4n) is 1.55. The Bertz CT molecular complexity index is 403. The van der Waals surface area contributed by atoms with Gasteiger partial charge >= 0.3 is 11.9 Å². The van der Waals surface area contributed by atoms with E-state index in [2.05, 4.69) is 0 Å². The molecule has 0 aromatic rings. The normalized spacial score (nSPS) is 13.4. The number of carbonyl (C=O) groups excluding carboxylic acids is 2. The Balaban J connectivity index is 3.71. The first-order chi connectivity index (χ1) is 11.6. The van der Waals surface area contributed by atoms with Crippen molar-refractivity contribution in [3.63, 3.8) is 0 Å². The highest BCUT2D eigenvalue weighted by atomic mass is 16.6. The molecule has 0 saturated carbocycles. The Morgan fingerprint density at radius 3 is 1.68 bits per heavy atom. The fraction of sp³-hybridized carbons (Fsp3) is 0.895. The lowest BCUT2D eigenvalue weighted by Crippen LogP contribution is -2.28. The first-order valence-electron chi connectivity index (χ1n) is 9.10. The number of rotatable bonds is 13. The molecule has 0 spiro atoms. The molecule has 1 unspecified atom stereocenters. The fourth-order valence-corrected chi connectivity index (χ4v) is 1.55. The molecule has 0 aliphatic carbocycles. The van der Waals surface area contributed by atoms with Crippen molar-refractivity contribution in [1.82, 2.24) is 0 Å². The second-order valence-corrected chi connectivity index (χ2v) is 7.50. The molecule has 0 aliphatic heterocycles. The summed E-state index contributed by atoms with van der Waals surface area (Å²) in [7, 11) is 0. The van der Waals surface area contributed by atoms with Gasteiger partial charge in [-0.25, -0.2) is 0 Å². The van der Waals surface area contributed by atoms with Crippen molar-refractivity contribution in [1.29, 1.82) is 0 Å². The molecular formula is C19H36O6. The Hall–Kier alpha value is -1.14. The van der Waals surface area contributed by atoms with E-state index < -0.39 is 10.8 Å². The van der Waals surface area contributed by atoms with Gasteiger partial charge in [0.25, 0.3) is 0 Å². The zero-order chi connectivity index (χ0) is 19.5. The highest BCUT2D eigenvalue weighted by molar-refractivity contribution is 5.76. The lowest BCUT2D eigenvalue weighted by atomic mass is 9.91. The van der Waals surface area contributed by atoms with Crippen molar-refractivity contribution in [2.24, 2.45) is 10.8 Å². The topological polar surface area (TPSA) is 71.1 Å². The van der Waals surface area contributed by atoms with E-state index in [0.29, 0.717) is 19.8 Å². The van der Waals surface area contributed by atoms with Crippen LogP contribution in [0.15, 0.2) is 0 Å². The van der Waals surface area contributed by atoms with Crippen molar-refractivity contribution in [2.75, 3.05) is 33.0 Å². The summed E-state index contributed by atoms with van der Waals surface area (Å²) >= 11 is 0. The Labute approximate surface area is 152 Å². The number of hydrogen-bond donors (Lipinski definition) is 0. The number of hydrogen-bond acceptors (Lipinski definition) is 6. The van der Waals surface area contributed by atoms with Gasteiger partial charge in [-0.3, -0.25) is 9.59 Å². The van der Waals surface area contributed by atoms with Crippen LogP contribution in [0.3, 0.4) is 0 Å². The standard InChI is InChI=1S/C19H36O6/c1-8-18(4,5)16(20)24-11-10-22-14-15(3)23-12-13-25-17(21)19(6,7)9-2/h15H,8-14H2,1-7H3. The van der Waals surface area contributed by atoms with Crippen molar-refractivity contribution in [3.8, 4) is 0 Å². The van der Waals surface area contributed by atoms with Gasteiger partial charge in [0.15, 0.2) is 0 Å². The van der Waals surface area contributed by atoms with Crippen LogP contribution in [0.1, 0.15) is 61.3 Å². The molecule has 0 aromatic carbocycles. The smallest absolute Gasteiger partial charge is 0.311 e. The van der Waals surface area contributed by atoms with Gasteiger partial charge in [-0.1, -0.05) is 13.8 Å². The molecule has 0 aliphatic rings. The highest BCUT2D eigenvalue weighted by Crippen LogP contribution is 2.21. The lowest BCUT2D eigenvalue weighted by Gasteiger charge is -2.21. The predicted molar refractivity (Wildman–Crippen MR) is 96.3 cm³/mol. The quantitative estimate of drug-likeness (QED) is 0.370. The maximum atomic E-state index is 11.8. The van der Waals surface area contributed by atoms with Crippen molar-refractivity contribution >= 4 is 11.9 Å². The number of ether oxygens (including phenoxy) is 4. The van der Waals surface area contributed by atoms with Crippen LogP contribution in [0.4, 0.5) is 0 Å². The van der Waals surface area contributed by atoms with Gasteiger partial charge in [-0.2, -0.15) is 0 Å². The van der Waals surface area contributed by atoms with Crippen LogP contribution in [0.2, 0.25) is 0 Å². The Morgan fingerprint density at radius 2 is 1.24 bits per heavy atom. The minimum Gasteiger partial charge on any atom is -0.463 e. The molecule has 0 radical (unpaired) electrons. The molecule has 0 saturated heterocycles. The summed E-state index contributed by atoms with van der Waals surface area (Å²) in [5.74, 6) is -0.418. The van der Waals surface area contributed by atoms with Crippen LogP contribution in [0.25, 0.3) is 0 Å². The minimum absolute atomic E-state index is 0.124. The number of esters is 2. The molecule has 0 amide bonds. The van der Waals surface area contributed by atoms with Crippen LogP contribution in [-0.2, 0) is 28.5 Å². The maximum absolute atomic E-state index is 11.8. The van der Waals surface area contributed by atoms with Gasteiger partial charge in [0, 0.05) is 0 Å². The summed E-state index contributed by atoms with van der Waals surface area (Å²) in [6.07, 6.45) is 1.34. The SMILES string of the molecule is CCC(C)(C)C(=O)OCCOCC(C)OCCOC(=O)C(C)(C)CC. The van der Waals surface area contributed by atoms with E-state index in [1.165, 1.54) is 0 Å². The van der Waals surface area contributed by atoms with Gasteiger partial charge in [0.05, 0.1) is 36.8 Å². The molecular weight excluding hydrogens is 324 g/mol. The second-order valence-electron chi connectivity index (χ2n) is 7.50. The molecule has 0 heterocycles. The van der Waals surface area contributed by atoms with Gasteiger partial charge in [-0.15, -0.1) is 0 Å². The average molecular weight is 360 g/mol. The predicted octanol–water partition coefficient (Wildman–Crippen LogP) is 3.37. The van der Waals surface area contributed by atoms with Crippen LogP contribution < -0.4 is 0 Å². The molecule has 6 nitrogen and oxygen atoms in total. The highest BCUT2D eigenvalue weighted by Gasteiger charge is 2.27. The average Bonchev–Trinajstić information content (AvgIpc) is 2.57. The van der Waals surface area contributed by atoms with Gasteiger partial charge < -0.3 is 18.9 Å². The molecule has 0 rings (SSSR count). The zero-order valence-electron chi connectivity index (χ0n) is 17.0. The summed E-state index contributed by atoms with van der Waals surface area (Å²) in [4.78, 5) is 23.6. The summed E-state index contributed by atoms with van der Waals surface area (Å²) < 4.78 is 21.3. The largest absolute Gasteiger partial charge is 0.463 e. The third-order valence-corrected chi connectivity index (χ3v) is 4.41. The van der Waals surface area contributed by atoms with Crippen LogP contribution in [0, 0.1) is 10.8 Å². The zero-order valence-corrected chi connectivity index (χ0v) is 17.0. The van der Waals surface area contributed by atoms with E-state index in [9.17, 15) is 9.59 Å².